The van der Waals surface area contributed by atoms with Gasteiger partial charge in [0.05, 0.1) is 6.26 Å². The van der Waals surface area contributed by atoms with E-state index in [0.717, 1.165) is 19.2 Å². The monoisotopic (exact) mass is 333 g/mol. The minimum absolute atomic E-state index is 0.180. The molecule has 0 spiro atoms. The fraction of sp³-hybridized carbons (Fsp3) is 0.846. The van der Waals surface area contributed by atoms with E-state index in [2.05, 4.69) is 20.3 Å². The number of nitrogens with one attached hydrogen (secondary N) is 3. The predicted octanol–water partition coefficient (Wildman–Crippen LogP) is -0.898. The Balaban J connectivity index is 2.25. The Kier molecular flexibility index (Phi) is 7.60. The molecule has 1 fully saturated rings. The van der Waals surface area contributed by atoms with Gasteiger partial charge < -0.3 is 15.5 Å². The summed E-state index contributed by atoms with van der Waals surface area (Å²) < 4.78 is 24.3. The van der Waals surface area contributed by atoms with Crippen molar-refractivity contribution in [1.29, 1.82) is 0 Å². The van der Waals surface area contributed by atoms with Crippen LogP contribution >= 0.6 is 0 Å². The standard InChI is InChI=1S/C13H27N5O3S/c1-4-12(19)18-9-6-11(10-18)17-13(14-2)15-7-5-8-16-22(3,20)21/h11,16H,4-10H2,1-3H3,(H2,14,15,17). The van der Waals surface area contributed by atoms with Gasteiger partial charge in [-0.1, -0.05) is 6.92 Å². The number of sulfonamides is 1. The summed E-state index contributed by atoms with van der Waals surface area (Å²) >= 11 is 0. The van der Waals surface area contributed by atoms with Crippen LogP contribution in [0.1, 0.15) is 26.2 Å². The molecule has 0 aromatic carbocycles. The number of carbonyl (C=O) groups excluding carboxylic acids is 1. The number of nitrogens with zero attached hydrogens (tertiary/aromatic N) is 2. The van der Waals surface area contributed by atoms with E-state index in [-0.39, 0.29) is 11.9 Å². The van der Waals surface area contributed by atoms with Crippen LogP contribution < -0.4 is 15.4 Å². The lowest BCUT2D eigenvalue weighted by Crippen LogP contribution is -2.45. The second-order valence-electron chi connectivity index (χ2n) is 5.34. The Morgan fingerprint density at radius 2 is 2.09 bits per heavy atom. The highest BCUT2D eigenvalue weighted by Crippen LogP contribution is 2.10. The highest BCUT2D eigenvalue weighted by atomic mass is 32.2. The maximum atomic E-state index is 11.6. The van der Waals surface area contributed by atoms with Crippen molar-refractivity contribution in [2.45, 2.75) is 32.2 Å². The van der Waals surface area contributed by atoms with E-state index in [1.54, 1.807) is 7.05 Å². The Labute approximate surface area is 132 Å². The van der Waals surface area contributed by atoms with Crippen molar-refractivity contribution in [3.05, 3.63) is 0 Å². The van der Waals surface area contributed by atoms with Gasteiger partial charge in [-0.05, 0) is 12.8 Å². The summed E-state index contributed by atoms with van der Waals surface area (Å²) in [5.41, 5.74) is 0. The molecule has 0 saturated carbocycles. The summed E-state index contributed by atoms with van der Waals surface area (Å²) in [6.45, 7) is 4.36. The SMILES string of the molecule is CCC(=O)N1CCC(NC(=NC)NCCCNS(C)(=O)=O)C1. The minimum Gasteiger partial charge on any atom is -0.356 e. The van der Waals surface area contributed by atoms with E-state index >= 15 is 0 Å². The number of hydrogen-bond donors (Lipinski definition) is 3. The maximum Gasteiger partial charge on any atom is 0.222 e. The molecule has 1 heterocycles. The third kappa shape index (κ3) is 7.08. The summed E-state index contributed by atoms with van der Waals surface area (Å²) in [6.07, 6.45) is 3.25. The fourth-order valence-electron chi connectivity index (χ4n) is 2.27. The molecule has 0 radical (unpaired) electrons. The summed E-state index contributed by atoms with van der Waals surface area (Å²) in [6, 6.07) is 0.204. The number of hydrogen-bond acceptors (Lipinski definition) is 4. The van der Waals surface area contributed by atoms with Gasteiger partial charge in [0.25, 0.3) is 0 Å². The van der Waals surface area contributed by atoms with Crippen molar-refractivity contribution in [2.24, 2.45) is 4.99 Å². The lowest BCUT2D eigenvalue weighted by Gasteiger charge is -2.18. The predicted molar refractivity (Wildman–Crippen MR) is 87.2 cm³/mol. The van der Waals surface area contributed by atoms with Crippen LogP contribution in [0.4, 0.5) is 0 Å². The number of rotatable bonds is 7. The van der Waals surface area contributed by atoms with Crippen LogP contribution in [0, 0.1) is 0 Å². The molecule has 0 aliphatic carbocycles. The zero-order valence-electron chi connectivity index (χ0n) is 13.6. The summed E-state index contributed by atoms with van der Waals surface area (Å²) in [5.74, 6) is 0.856. The average Bonchev–Trinajstić information content (AvgIpc) is 2.92. The third-order valence-electron chi connectivity index (χ3n) is 3.42. The molecular weight excluding hydrogens is 306 g/mol. The zero-order chi connectivity index (χ0) is 16.6. The van der Waals surface area contributed by atoms with Gasteiger partial charge in [-0.3, -0.25) is 9.79 Å². The molecule has 1 aliphatic heterocycles. The number of guanidine groups is 1. The largest absolute Gasteiger partial charge is 0.356 e. The molecule has 1 atom stereocenters. The van der Waals surface area contributed by atoms with Crippen molar-refractivity contribution >= 4 is 21.9 Å². The Morgan fingerprint density at radius 3 is 2.68 bits per heavy atom. The molecule has 128 valence electrons. The summed E-state index contributed by atoms with van der Waals surface area (Å²) in [7, 11) is -1.44. The average molecular weight is 333 g/mol. The molecule has 0 aromatic rings. The Bertz CT molecular complexity index is 492. The van der Waals surface area contributed by atoms with Crippen LogP contribution in [0.15, 0.2) is 4.99 Å². The zero-order valence-corrected chi connectivity index (χ0v) is 14.4. The van der Waals surface area contributed by atoms with Crippen molar-refractivity contribution in [1.82, 2.24) is 20.3 Å². The minimum atomic E-state index is -3.13. The second-order valence-corrected chi connectivity index (χ2v) is 7.18. The molecule has 1 unspecified atom stereocenters. The van der Waals surface area contributed by atoms with E-state index in [1.807, 2.05) is 11.8 Å². The van der Waals surface area contributed by atoms with Crippen LogP contribution in [-0.2, 0) is 14.8 Å². The van der Waals surface area contributed by atoms with Crippen molar-refractivity contribution < 1.29 is 13.2 Å². The van der Waals surface area contributed by atoms with Crippen molar-refractivity contribution in [3.8, 4) is 0 Å². The lowest BCUT2D eigenvalue weighted by atomic mass is 10.3. The molecule has 0 aromatic heterocycles. The van der Waals surface area contributed by atoms with Crippen LogP contribution in [0.25, 0.3) is 0 Å². The van der Waals surface area contributed by atoms with Crippen LogP contribution in [-0.4, -0.2) is 70.7 Å². The molecular formula is C13H27N5O3S. The lowest BCUT2D eigenvalue weighted by molar-refractivity contribution is -0.129. The van der Waals surface area contributed by atoms with E-state index in [9.17, 15) is 13.2 Å². The number of carbonyl (C=O) groups is 1. The second kappa shape index (κ2) is 8.94. The first-order valence-corrected chi connectivity index (χ1v) is 9.44. The molecule has 3 N–H and O–H groups in total. The quantitative estimate of drug-likeness (QED) is 0.318. The van der Waals surface area contributed by atoms with Gasteiger partial charge in [-0.15, -0.1) is 0 Å². The molecule has 9 heteroatoms. The first-order chi connectivity index (χ1) is 10.4. The number of aliphatic imine (C=N–C) groups is 1. The van der Waals surface area contributed by atoms with E-state index < -0.39 is 10.0 Å². The molecule has 1 aliphatic rings. The van der Waals surface area contributed by atoms with Gasteiger partial charge in [0.15, 0.2) is 5.96 Å². The smallest absolute Gasteiger partial charge is 0.222 e. The molecule has 1 rings (SSSR count). The van der Waals surface area contributed by atoms with Gasteiger partial charge in [0, 0.05) is 45.7 Å². The van der Waals surface area contributed by atoms with Gasteiger partial charge >= 0.3 is 0 Å². The maximum absolute atomic E-state index is 11.6. The van der Waals surface area contributed by atoms with E-state index in [1.165, 1.54) is 0 Å². The Morgan fingerprint density at radius 1 is 1.36 bits per heavy atom. The van der Waals surface area contributed by atoms with Gasteiger partial charge in [-0.2, -0.15) is 0 Å². The number of likely N-dealkylation sites (tertiary alicyclic amines) is 1. The molecule has 0 bridgehead atoms. The number of amides is 1. The molecule has 1 saturated heterocycles. The van der Waals surface area contributed by atoms with Crippen molar-refractivity contribution in [3.63, 3.8) is 0 Å². The first-order valence-electron chi connectivity index (χ1n) is 7.55. The van der Waals surface area contributed by atoms with Crippen LogP contribution in [0.3, 0.4) is 0 Å². The van der Waals surface area contributed by atoms with E-state index in [0.29, 0.717) is 38.4 Å². The highest BCUT2D eigenvalue weighted by Gasteiger charge is 2.25. The molecule has 22 heavy (non-hydrogen) atoms. The topological polar surface area (TPSA) is 103 Å². The van der Waals surface area contributed by atoms with Crippen LogP contribution in [0.2, 0.25) is 0 Å². The normalized spacial score (nSPS) is 19.3. The molecule has 8 nitrogen and oxygen atoms in total. The van der Waals surface area contributed by atoms with Gasteiger partial charge in [0.2, 0.25) is 15.9 Å². The van der Waals surface area contributed by atoms with Gasteiger partial charge in [0.1, 0.15) is 0 Å². The molecule has 1 amide bonds. The summed E-state index contributed by atoms with van der Waals surface area (Å²) in [5, 5.41) is 6.43. The third-order valence-corrected chi connectivity index (χ3v) is 4.15. The van der Waals surface area contributed by atoms with Crippen LogP contribution in [0.5, 0.6) is 0 Å². The fourth-order valence-corrected chi connectivity index (χ4v) is 2.78. The first kappa shape index (κ1) is 18.7. The van der Waals surface area contributed by atoms with Crippen molar-refractivity contribution in [2.75, 3.05) is 39.5 Å². The summed E-state index contributed by atoms with van der Waals surface area (Å²) in [4.78, 5) is 17.6. The van der Waals surface area contributed by atoms with Gasteiger partial charge in [-0.25, -0.2) is 13.1 Å². The van der Waals surface area contributed by atoms with E-state index in [4.69, 9.17) is 0 Å². The highest BCUT2D eigenvalue weighted by molar-refractivity contribution is 7.88. The Hall–Kier alpha value is -1.35.